The molecule has 2 aromatic rings. The maximum atomic E-state index is 13.0. The number of nitrogens with zero attached hydrogens (tertiary/aromatic N) is 2. The minimum Gasteiger partial charge on any atom is -0.396 e. The zero-order valence-corrected chi connectivity index (χ0v) is 7.74. The molecule has 0 bridgehead atoms. The van der Waals surface area contributed by atoms with Crippen molar-refractivity contribution in [3.8, 4) is 11.3 Å². The molecule has 0 fully saturated rings. The smallest absolute Gasteiger partial charge is 0.123 e. The number of rotatable bonds is 1. The van der Waals surface area contributed by atoms with Crippen LogP contribution >= 0.6 is 0 Å². The quantitative estimate of drug-likeness (QED) is 0.747. The van der Waals surface area contributed by atoms with Gasteiger partial charge in [-0.15, -0.1) is 0 Å². The molecule has 1 aromatic heterocycles. The summed E-state index contributed by atoms with van der Waals surface area (Å²) in [5, 5.41) is 3.99. The monoisotopic (exact) mass is 191 g/mol. The number of anilines is 1. The molecule has 4 heteroatoms. The highest BCUT2D eigenvalue weighted by atomic mass is 19.1. The number of nitrogen functional groups attached to an aromatic ring is 1. The van der Waals surface area contributed by atoms with Crippen molar-refractivity contribution in [2.24, 2.45) is 7.05 Å². The second kappa shape index (κ2) is 3.14. The Balaban J connectivity index is 2.59. The number of aromatic nitrogens is 2. The second-order valence-corrected chi connectivity index (χ2v) is 3.08. The lowest BCUT2D eigenvalue weighted by Gasteiger charge is -2.03. The predicted octanol–water partition coefficient (Wildman–Crippen LogP) is 1.81. The molecule has 0 saturated heterocycles. The number of nitrogens with two attached hydrogens (primary N) is 1. The van der Waals surface area contributed by atoms with Gasteiger partial charge in [-0.3, -0.25) is 4.68 Å². The third kappa shape index (κ3) is 1.35. The summed E-state index contributed by atoms with van der Waals surface area (Å²) in [6.07, 6.45) is 1.56. The Labute approximate surface area is 81.0 Å². The largest absolute Gasteiger partial charge is 0.396 e. The van der Waals surface area contributed by atoms with Crippen LogP contribution in [0, 0.1) is 5.82 Å². The minimum atomic E-state index is -0.275. The molecule has 0 aliphatic rings. The van der Waals surface area contributed by atoms with Gasteiger partial charge in [0.15, 0.2) is 0 Å². The van der Waals surface area contributed by atoms with Gasteiger partial charge < -0.3 is 5.73 Å². The first-order chi connectivity index (χ1) is 6.68. The van der Waals surface area contributed by atoms with Crippen LogP contribution < -0.4 is 5.73 Å². The first-order valence-electron chi connectivity index (χ1n) is 4.22. The van der Waals surface area contributed by atoms with Crippen LogP contribution in [0.4, 0.5) is 10.1 Å². The molecule has 2 rings (SSSR count). The van der Waals surface area contributed by atoms with Crippen LogP contribution in [0.5, 0.6) is 0 Å². The van der Waals surface area contributed by atoms with Crippen molar-refractivity contribution >= 4 is 5.69 Å². The van der Waals surface area contributed by atoms with Crippen LogP contribution in [-0.4, -0.2) is 9.78 Å². The molecule has 0 amide bonds. The van der Waals surface area contributed by atoms with Gasteiger partial charge in [0, 0.05) is 12.6 Å². The fourth-order valence-electron chi connectivity index (χ4n) is 1.44. The summed E-state index contributed by atoms with van der Waals surface area (Å²) >= 11 is 0. The summed E-state index contributed by atoms with van der Waals surface area (Å²) in [6.45, 7) is 0. The third-order valence-corrected chi connectivity index (χ3v) is 2.07. The number of aryl methyl sites for hydroxylation is 1. The molecule has 0 radical (unpaired) electrons. The number of hydrogen-bond acceptors (Lipinski definition) is 2. The third-order valence-electron chi connectivity index (χ3n) is 2.07. The summed E-state index contributed by atoms with van der Waals surface area (Å²) < 4.78 is 14.6. The van der Waals surface area contributed by atoms with Gasteiger partial charge >= 0.3 is 0 Å². The van der Waals surface area contributed by atoms with Crippen LogP contribution in [-0.2, 0) is 7.05 Å². The summed E-state index contributed by atoms with van der Waals surface area (Å²) in [5.74, 6) is -0.275. The van der Waals surface area contributed by atoms with Gasteiger partial charge in [0.25, 0.3) is 0 Å². The average molecular weight is 191 g/mol. The van der Waals surface area contributed by atoms with E-state index < -0.39 is 0 Å². The van der Waals surface area contributed by atoms with Crippen LogP contribution in [0.15, 0.2) is 30.5 Å². The molecular weight excluding hydrogens is 181 g/mol. The van der Waals surface area contributed by atoms with Crippen LogP contribution in [0.1, 0.15) is 0 Å². The standard InChI is InChI=1S/C10H10FN3/c1-14-10(9(12)6-13-14)7-3-2-4-8(11)5-7/h2-6H,12H2,1H3. The van der Waals surface area contributed by atoms with E-state index in [-0.39, 0.29) is 5.82 Å². The highest BCUT2D eigenvalue weighted by Gasteiger charge is 2.08. The van der Waals surface area contributed by atoms with E-state index in [9.17, 15) is 4.39 Å². The molecule has 0 spiro atoms. The van der Waals surface area contributed by atoms with Crippen molar-refractivity contribution < 1.29 is 4.39 Å². The number of benzene rings is 1. The van der Waals surface area contributed by atoms with Gasteiger partial charge in [-0.2, -0.15) is 5.10 Å². The SMILES string of the molecule is Cn1ncc(N)c1-c1cccc(F)c1. The Morgan fingerprint density at radius 3 is 2.79 bits per heavy atom. The number of hydrogen-bond donors (Lipinski definition) is 1. The maximum absolute atomic E-state index is 13.0. The Kier molecular flexibility index (Phi) is 1.96. The van der Waals surface area contributed by atoms with Crippen LogP contribution in [0.2, 0.25) is 0 Å². The highest BCUT2D eigenvalue weighted by molar-refractivity contribution is 5.72. The van der Waals surface area contributed by atoms with Crippen molar-refractivity contribution in [1.82, 2.24) is 9.78 Å². The van der Waals surface area contributed by atoms with E-state index in [2.05, 4.69) is 5.10 Å². The Morgan fingerprint density at radius 1 is 1.43 bits per heavy atom. The van der Waals surface area contributed by atoms with E-state index in [1.807, 2.05) is 0 Å². The van der Waals surface area contributed by atoms with E-state index in [4.69, 9.17) is 5.73 Å². The van der Waals surface area contributed by atoms with Crippen molar-refractivity contribution in [3.63, 3.8) is 0 Å². The molecule has 1 heterocycles. The van der Waals surface area contributed by atoms with Gasteiger partial charge in [-0.05, 0) is 12.1 Å². The van der Waals surface area contributed by atoms with E-state index in [0.717, 1.165) is 11.3 Å². The molecule has 0 aliphatic carbocycles. The van der Waals surface area contributed by atoms with Crippen LogP contribution in [0.3, 0.4) is 0 Å². The summed E-state index contributed by atoms with van der Waals surface area (Å²) in [6, 6.07) is 6.29. The Bertz CT molecular complexity index is 443. The lowest BCUT2D eigenvalue weighted by atomic mass is 10.1. The first kappa shape index (κ1) is 8.74. The maximum Gasteiger partial charge on any atom is 0.123 e. The van der Waals surface area contributed by atoms with Crippen LogP contribution in [0.25, 0.3) is 11.3 Å². The first-order valence-corrected chi connectivity index (χ1v) is 4.22. The van der Waals surface area contributed by atoms with Crippen molar-refractivity contribution in [1.29, 1.82) is 0 Å². The zero-order chi connectivity index (χ0) is 10.1. The Morgan fingerprint density at radius 2 is 2.21 bits per heavy atom. The molecule has 0 aliphatic heterocycles. The number of halogens is 1. The zero-order valence-electron chi connectivity index (χ0n) is 7.74. The summed E-state index contributed by atoms with van der Waals surface area (Å²) in [7, 11) is 1.77. The average Bonchev–Trinajstić information content (AvgIpc) is 2.46. The summed E-state index contributed by atoms with van der Waals surface area (Å²) in [4.78, 5) is 0. The molecule has 0 saturated carbocycles. The van der Waals surface area contributed by atoms with E-state index >= 15 is 0 Å². The fraction of sp³-hybridized carbons (Fsp3) is 0.100. The minimum absolute atomic E-state index is 0.275. The van der Waals surface area contributed by atoms with Gasteiger partial charge in [-0.1, -0.05) is 12.1 Å². The highest BCUT2D eigenvalue weighted by Crippen LogP contribution is 2.24. The molecule has 2 N–H and O–H groups in total. The van der Waals surface area contributed by atoms with Gasteiger partial charge in [0.05, 0.1) is 17.6 Å². The van der Waals surface area contributed by atoms with Gasteiger partial charge in [0.2, 0.25) is 0 Å². The molecule has 3 nitrogen and oxygen atoms in total. The second-order valence-electron chi connectivity index (χ2n) is 3.08. The molecule has 72 valence electrons. The molecule has 14 heavy (non-hydrogen) atoms. The fourth-order valence-corrected chi connectivity index (χ4v) is 1.44. The normalized spacial score (nSPS) is 10.4. The van der Waals surface area contributed by atoms with E-state index in [0.29, 0.717) is 5.69 Å². The molecule has 1 aromatic carbocycles. The van der Waals surface area contributed by atoms with E-state index in [1.54, 1.807) is 30.1 Å². The van der Waals surface area contributed by atoms with E-state index in [1.165, 1.54) is 12.1 Å². The molecule has 0 unspecified atom stereocenters. The predicted molar refractivity (Wildman–Crippen MR) is 53.0 cm³/mol. The molecule has 0 atom stereocenters. The molecular formula is C10H10FN3. The van der Waals surface area contributed by atoms with Crippen molar-refractivity contribution in [2.75, 3.05) is 5.73 Å². The Hall–Kier alpha value is -1.84. The lowest BCUT2D eigenvalue weighted by molar-refractivity contribution is 0.628. The van der Waals surface area contributed by atoms with Crippen molar-refractivity contribution in [2.45, 2.75) is 0 Å². The topological polar surface area (TPSA) is 43.8 Å². The van der Waals surface area contributed by atoms with Gasteiger partial charge in [0.1, 0.15) is 5.82 Å². The summed E-state index contributed by atoms with van der Waals surface area (Å²) in [5.41, 5.74) is 7.75. The van der Waals surface area contributed by atoms with Crippen molar-refractivity contribution in [3.05, 3.63) is 36.3 Å². The lowest BCUT2D eigenvalue weighted by Crippen LogP contribution is -1.95. The van der Waals surface area contributed by atoms with Gasteiger partial charge in [-0.25, -0.2) is 4.39 Å².